The fourth-order valence-corrected chi connectivity index (χ4v) is 2.71. The summed E-state index contributed by atoms with van der Waals surface area (Å²) in [6.07, 6.45) is 0. The van der Waals surface area contributed by atoms with Gasteiger partial charge in [-0.3, -0.25) is 0 Å². The van der Waals surface area contributed by atoms with E-state index in [0.717, 1.165) is 19.2 Å². The smallest absolute Gasteiger partial charge is 0.161 e. The quantitative estimate of drug-likeness (QED) is 0.639. The first-order valence-corrected chi connectivity index (χ1v) is 6.91. The molecule has 1 heterocycles. The second kappa shape index (κ2) is 4.94. The third-order valence-electron chi connectivity index (χ3n) is 2.09. The number of aryl methyl sites for hydroxylation is 1. The van der Waals surface area contributed by atoms with Crippen LogP contribution in [0.1, 0.15) is 5.56 Å². The van der Waals surface area contributed by atoms with Crippen LogP contribution in [0, 0.1) is 6.92 Å². The predicted octanol–water partition coefficient (Wildman–Crippen LogP) is 4.74. The molecular formula is C11H7Br3N2. The van der Waals surface area contributed by atoms with Gasteiger partial charge in [0.05, 0.1) is 0 Å². The van der Waals surface area contributed by atoms with Crippen LogP contribution < -0.4 is 0 Å². The zero-order valence-electron chi connectivity index (χ0n) is 8.34. The van der Waals surface area contributed by atoms with Crippen molar-refractivity contribution in [1.29, 1.82) is 0 Å². The second-order valence-electron chi connectivity index (χ2n) is 3.30. The normalized spacial score (nSPS) is 10.5. The lowest BCUT2D eigenvalue weighted by atomic mass is 10.1. The monoisotopic (exact) mass is 404 g/mol. The molecule has 0 fully saturated rings. The second-order valence-corrected chi connectivity index (χ2v) is 5.78. The van der Waals surface area contributed by atoms with Crippen LogP contribution in [0.5, 0.6) is 0 Å². The summed E-state index contributed by atoms with van der Waals surface area (Å²) in [7, 11) is 0. The third-order valence-corrected chi connectivity index (χ3v) is 3.76. The summed E-state index contributed by atoms with van der Waals surface area (Å²) in [5.41, 5.74) is 2.18. The minimum atomic E-state index is 0.696. The van der Waals surface area contributed by atoms with Crippen molar-refractivity contribution in [3.8, 4) is 11.4 Å². The molecule has 2 nitrogen and oxygen atoms in total. The molecule has 0 aliphatic carbocycles. The summed E-state index contributed by atoms with van der Waals surface area (Å²) in [6, 6.07) is 7.88. The Bertz CT molecular complexity index is 520. The van der Waals surface area contributed by atoms with Gasteiger partial charge in [0, 0.05) is 16.1 Å². The van der Waals surface area contributed by atoms with Gasteiger partial charge in [0.2, 0.25) is 0 Å². The standard InChI is InChI=1S/C11H7Br3N2/c1-6-2-3-7(4-8(6)12)11-15-9(13)5-10(14)16-11/h2-5H,1H3. The Balaban J connectivity index is 2.54. The van der Waals surface area contributed by atoms with Crippen LogP contribution in [0.2, 0.25) is 0 Å². The highest BCUT2D eigenvalue weighted by Crippen LogP contribution is 2.25. The lowest BCUT2D eigenvalue weighted by Crippen LogP contribution is -1.91. The van der Waals surface area contributed by atoms with E-state index in [1.165, 1.54) is 5.56 Å². The van der Waals surface area contributed by atoms with Gasteiger partial charge in [-0.2, -0.15) is 0 Å². The molecule has 0 saturated heterocycles. The molecule has 0 aliphatic heterocycles. The highest BCUT2D eigenvalue weighted by atomic mass is 79.9. The highest BCUT2D eigenvalue weighted by molar-refractivity contribution is 9.11. The van der Waals surface area contributed by atoms with Gasteiger partial charge in [-0.15, -0.1) is 0 Å². The Morgan fingerprint density at radius 3 is 2.12 bits per heavy atom. The lowest BCUT2D eigenvalue weighted by molar-refractivity contribution is 1.12. The molecule has 0 unspecified atom stereocenters. The van der Waals surface area contributed by atoms with E-state index >= 15 is 0 Å². The van der Waals surface area contributed by atoms with E-state index in [2.05, 4.69) is 57.8 Å². The maximum Gasteiger partial charge on any atom is 0.161 e. The molecule has 0 saturated carbocycles. The van der Waals surface area contributed by atoms with Crippen LogP contribution >= 0.6 is 47.8 Å². The summed E-state index contributed by atoms with van der Waals surface area (Å²) in [5.74, 6) is 0.696. The average molecular weight is 407 g/mol. The maximum absolute atomic E-state index is 4.33. The molecule has 0 bridgehead atoms. The number of aromatic nitrogens is 2. The van der Waals surface area contributed by atoms with Crippen molar-refractivity contribution in [3.05, 3.63) is 43.5 Å². The summed E-state index contributed by atoms with van der Waals surface area (Å²) in [5, 5.41) is 0. The summed E-state index contributed by atoms with van der Waals surface area (Å²) >= 11 is 10.2. The van der Waals surface area contributed by atoms with Crippen LogP contribution in [0.4, 0.5) is 0 Å². The zero-order chi connectivity index (χ0) is 11.7. The van der Waals surface area contributed by atoms with E-state index in [4.69, 9.17) is 0 Å². The van der Waals surface area contributed by atoms with Gasteiger partial charge in [0.1, 0.15) is 9.21 Å². The van der Waals surface area contributed by atoms with Crippen LogP contribution in [-0.2, 0) is 0 Å². The van der Waals surface area contributed by atoms with Crippen molar-refractivity contribution in [2.45, 2.75) is 6.92 Å². The molecular weight excluding hydrogens is 400 g/mol. The Morgan fingerprint density at radius 2 is 1.56 bits per heavy atom. The number of halogens is 3. The minimum absolute atomic E-state index is 0.696. The molecule has 16 heavy (non-hydrogen) atoms. The fraction of sp³-hybridized carbons (Fsp3) is 0.0909. The van der Waals surface area contributed by atoms with Gasteiger partial charge in [0.25, 0.3) is 0 Å². The Hall–Kier alpha value is -0.260. The number of nitrogens with zero attached hydrogens (tertiary/aromatic N) is 2. The van der Waals surface area contributed by atoms with E-state index in [1.54, 1.807) is 0 Å². The lowest BCUT2D eigenvalue weighted by Gasteiger charge is -2.04. The van der Waals surface area contributed by atoms with Crippen molar-refractivity contribution < 1.29 is 0 Å². The molecule has 0 aliphatic rings. The summed E-state index contributed by atoms with van der Waals surface area (Å²) in [6.45, 7) is 2.05. The first kappa shape index (κ1) is 12.2. The van der Waals surface area contributed by atoms with Gasteiger partial charge in [-0.1, -0.05) is 28.1 Å². The molecule has 0 atom stereocenters. The van der Waals surface area contributed by atoms with Gasteiger partial charge < -0.3 is 0 Å². The highest BCUT2D eigenvalue weighted by Gasteiger charge is 2.05. The zero-order valence-corrected chi connectivity index (χ0v) is 13.1. The molecule has 1 aromatic carbocycles. The predicted molar refractivity (Wildman–Crippen MR) is 75.3 cm³/mol. The van der Waals surface area contributed by atoms with Crippen LogP contribution in [0.15, 0.2) is 37.9 Å². The maximum atomic E-state index is 4.33. The molecule has 2 rings (SSSR count). The molecule has 0 amide bonds. The van der Waals surface area contributed by atoms with Crippen LogP contribution in [0.3, 0.4) is 0 Å². The van der Waals surface area contributed by atoms with E-state index in [0.29, 0.717) is 5.82 Å². The van der Waals surface area contributed by atoms with Gasteiger partial charge >= 0.3 is 0 Å². The van der Waals surface area contributed by atoms with E-state index in [9.17, 15) is 0 Å². The first-order chi connectivity index (χ1) is 7.56. The van der Waals surface area contributed by atoms with Crippen molar-refractivity contribution in [1.82, 2.24) is 9.97 Å². The SMILES string of the molecule is Cc1ccc(-c2nc(Br)cc(Br)n2)cc1Br. The number of hydrogen-bond acceptors (Lipinski definition) is 2. The third kappa shape index (κ3) is 2.70. The fourth-order valence-electron chi connectivity index (χ4n) is 1.25. The summed E-state index contributed by atoms with van der Waals surface area (Å²) < 4.78 is 2.59. The molecule has 0 radical (unpaired) electrons. The van der Waals surface area contributed by atoms with Gasteiger partial charge in [0.15, 0.2) is 5.82 Å². The number of benzene rings is 1. The molecule has 0 spiro atoms. The van der Waals surface area contributed by atoms with Crippen LogP contribution in [0.25, 0.3) is 11.4 Å². The summed E-state index contributed by atoms with van der Waals surface area (Å²) in [4.78, 5) is 8.66. The van der Waals surface area contributed by atoms with Gasteiger partial charge in [-0.25, -0.2) is 9.97 Å². The Kier molecular flexibility index (Phi) is 3.77. The van der Waals surface area contributed by atoms with E-state index in [-0.39, 0.29) is 0 Å². The average Bonchev–Trinajstić information content (AvgIpc) is 2.20. The minimum Gasteiger partial charge on any atom is -0.221 e. The van der Waals surface area contributed by atoms with E-state index < -0.39 is 0 Å². The van der Waals surface area contributed by atoms with Crippen molar-refractivity contribution in [2.24, 2.45) is 0 Å². The first-order valence-electron chi connectivity index (χ1n) is 4.53. The van der Waals surface area contributed by atoms with Crippen LogP contribution in [-0.4, -0.2) is 9.97 Å². The van der Waals surface area contributed by atoms with Crippen molar-refractivity contribution in [3.63, 3.8) is 0 Å². The van der Waals surface area contributed by atoms with Gasteiger partial charge in [-0.05, 0) is 50.4 Å². The molecule has 82 valence electrons. The Labute approximate surface area is 119 Å². The van der Waals surface area contributed by atoms with Crippen molar-refractivity contribution >= 4 is 47.8 Å². The topological polar surface area (TPSA) is 25.8 Å². The largest absolute Gasteiger partial charge is 0.221 e. The molecule has 1 aromatic heterocycles. The Morgan fingerprint density at radius 1 is 0.938 bits per heavy atom. The molecule has 0 N–H and O–H groups in total. The van der Waals surface area contributed by atoms with Crippen molar-refractivity contribution in [2.75, 3.05) is 0 Å². The van der Waals surface area contributed by atoms with E-state index in [1.807, 2.05) is 31.2 Å². The number of hydrogen-bond donors (Lipinski definition) is 0. The molecule has 2 aromatic rings. The number of rotatable bonds is 1. The molecule has 5 heteroatoms.